The highest BCUT2D eigenvalue weighted by Gasteiger charge is 2.08. The summed E-state index contributed by atoms with van der Waals surface area (Å²) in [5.74, 6) is 0.185. The first-order valence-electron chi connectivity index (χ1n) is 8.96. The van der Waals surface area contributed by atoms with Gasteiger partial charge in [0, 0.05) is 5.88 Å². The van der Waals surface area contributed by atoms with E-state index in [1.165, 1.54) is 64.2 Å². The van der Waals surface area contributed by atoms with E-state index >= 15 is 0 Å². The van der Waals surface area contributed by atoms with E-state index in [0.717, 1.165) is 12.8 Å². The van der Waals surface area contributed by atoms with E-state index in [4.69, 9.17) is 16.3 Å². The molecule has 0 saturated heterocycles. The first-order valence-corrected chi connectivity index (χ1v) is 9.49. The fourth-order valence-corrected chi connectivity index (χ4v) is 2.67. The summed E-state index contributed by atoms with van der Waals surface area (Å²) in [6.45, 7) is 4.24. The summed E-state index contributed by atoms with van der Waals surface area (Å²) >= 11 is 5.50. The van der Waals surface area contributed by atoms with Gasteiger partial charge >= 0.3 is 5.97 Å². The summed E-state index contributed by atoms with van der Waals surface area (Å²) in [6, 6.07) is 0. The van der Waals surface area contributed by atoms with Crippen LogP contribution in [0, 0.1) is 0 Å². The molecule has 3 heteroatoms. The summed E-state index contributed by atoms with van der Waals surface area (Å²) in [6.07, 6.45) is 16.2. The zero-order valence-corrected chi connectivity index (χ0v) is 14.9. The second-order valence-electron chi connectivity index (χ2n) is 6.06. The lowest BCUT2D eigenvalue weighted by Crippen LogP contribution is -2.14. The van der Waals surface area contributed by atoms with Crippen molar-refractivity contribution in [3.8, 4) is 0 Å². The third-order valence-corrected chi connectivity index (χ3v) is 4.03. The molecule has 0 spiro atoms. The number of rotatable bonds is 15. The van der Waals surface area contributed by atoms with Gasteiger partial charge in [0.15, 0.2) is 0 Å². The van der Waals surface area contributed by atoms with Crippen molar-refractivity contribution in [3.05, 3.63) is 0 Å². The summed E-state index contributed by atoms with van der Waals surface area (Å²) in [4.78, 5) is 11.2. The number of unbranched alkanes of at least 4 members (excludes halogenated alkanes) is 10. The number of halogens is 1. The molecule has 0 saturated carbocycles. The molecule has 0 aliphatic rings. The Kier molecular flexibility index (Phi) is 16.0. The van der Waals surface area contributed by atoms with Gasteiger partial charge in [-0.25, -0.2) is 0 Å². The van der Waals surface area contributed by atoms with Crippen LogP contribution in [0.2, 0.25) is 0 Å². The Bertz CT molecular complexity index is 231. The molecule has 1 unspecified atom stereocenters. The number of ether oxygens (including phenoxy) is 1. The number of hydrogen-bond acceptors (Lipinski definition) is 2. The molecule has 0 heterocycles. The Morgan fingerprint density at radius 2 is 1.38 bits per heavy atom. The highest BCUT2D eigenvalue weighted by Crippen LogP contribution is 2.13. The van der Waals surface area contributed by atoms with Crippen LogP contribution in [0.25, 0.3) is 0 Å². The van der Waals surface area contributed by atoms with Crippen LogP contribution in [-0.4, -0.2) is 18.0 Å². The lowest BCUT2D eigenvalue weighted by molar-refractivity contribution is -0.148. The second-order valence-corrected chi connectivity index (χ2v) is 6.44. The van der Waals surface area contributed by atoms with Gasteiger partial charge in [-0.1, -0.05) is 71.1 Å². The molecule has 0 rings (SSSR count). The van der Waals surface area contributed by atoms with Crippen molar-refractivity contribution in [1.29, 1.82) is 0 Å². The van der Waals surface area contributed by atoms with Crippen LogP contribution >= 0.6 is 11.6 Å². The van der Waals surface area contributed by atoms with E-state index in [-0.39, 0.29) is 12.1 Å². The first-order chi connectivity index (χ1) is 10.2. The van der Waals surface area contributed by atoms with Gasteiger partial charge < -0.3 is 4.74 Å². The van der Waals surface area contributed by atoms with Crippen LogP contribution in [0.5, 0.6) is 0 Å². The van der Waals surface area contributed by atoms with Gasteiger partial charge in [0.2, 0.25) is 0 Å². The van der Waals surface area contributed by atoms with Gasteiger partial charge in [-0.3, -0.25) is 4.79 Å². The molecule has 0 aromatic carbocycles. The molecule has 0 radical (unpaired) electrons. The first kappa shape index (κ1) is 20.8. The smallest absolute Gasteiger partial charge is 0.307 e. The Balaban J connectivity index is 3.19. The van der Waals surface area contributed by atoms with Crippen LogP contribution < -0.4 is 0 Å². The van der Waals surface area contributed by atoms with Crippen LogP contribution in [0.4, 0.5) is 0 Å². The van der Waals surface area contributed by atoms with E-state index in [2.05, 4.69) is 6.92 Å². The standard InChI is InChI=1S/C18H35ClO2/c1-3-4-5-6-7-8-9-10-11-12-13-14-17(2)21-18(20)15-16-19/h17H,3-16H2,1-2H3. The normalized spacial score (nSPS) is 12.3. The highest BCUT2D eigenvalue weighted by molar-refractivity contribution is 6.18. The van der Waals surface area contributed by atoms with Gasteiger partial charge in [-0.15, -0.1) is 11.6 Å². The largest absolute Gasteiger partial charge is 0.463 e. The van der Waals surface area contributed by atoms with Gasteiger partial charge in [-0.2, -0.15) is 0 Å². The van der Waals surface area contributed by atoms with Gasteiger partial charge in [-0.05, 0) is 19.8 Å². The summed E-state index contributed by atoms with van der Waals surface area (Å²) < 4.78 is 5.26. The molecular weight excluding hydrogens is 284 g/mol. The average Bonchev–Trinajstić information content (AvgIpc) is 2.45. The fraction of sp³-hybridized carbons (Fsp3) is 0.944. The van der Waals surface area contributed by atoms with E-state index < -0.39 is 0 Å². The molecule has 21 heavy (non-hydrogen) atoms. The number of hydrogen-bond donors (Lipinski definition) is 0. The van der Waals surface area contributed by atoms with Crippen LogP contribution in [-0.2, 0) is 9.53 Å². The van der Waals surface area contributed by atoms with Crippen molar-refractivity contribution >= 4 is 17.6 Å². The van der Waals surface area contributed by atoms with Gasteiger partial charge in [0.05, 0.1) is 12.5 Å². The molecule has 0 aromatic heterocycles. The highest BCUT2D eigenvalue weighted by atomic mass is 35.5. The molecule has 1 atom stereocenters. The number of alkyl halides is 1. The quantitative estimate of drug-likeness (QED) is 0.203. The third-order valence-electron chi connectivity index (χ3n) is 3.85. The van der Waals surface area contributed by atoms with Crippen molar-refractivity contribution in [2.45, 2.75) is 103 Å². The zero-order valence-electron chi connectivity index (χ0n) is 14.2. The molecule has 0 N–H and O–H groups in total. The average molecular weight is 319 g/mol. The lowest BCUT2D eigenvalue weighted by atomic mass is 10.0. The maximum absolute atomic E-state index is 11.2. The zero-order chi connectivity index (χ0) is 15.8. The second kappa shape index (κ2) is 16.1. The Morgan fingerprint density at radius 1 is 0.905 bits per heavy atom. The van der Waals surface area contributed by atoms with Crippen molar-refractivity contribution in [1.82, 2.24) is 0 Å². The molecule has 2 nitrogen and oxygen atoms in total. The Labute approximate surface area is 137 Å². The van der Waals surface area contributed by atoms with Gasteiger partial charge in [0.1, 0.15) is 0 Å². The van der Waals surface area contributed by atoms with Crippen molar-refractivity contribution < 1.29 is 9.53 Å². The SMILES string of the molecule is CCCCCCCCCCCCCC(C)OC(=O)CCCl. The molecule has 0 aromatic rings. The topological polar surface area (TPSA) is 26.3 Å². The van der Waals surface area contributed by atoms with E-state index in [1.54, 1.807) is 0 Å². The van der Waals surface area contributed by atoms with Crippen LogP contribution in [0.1, 0.15) is 97.3 Å². The Hall–Kier alpha value is -0.240. The minimum Gasteiger partial charge on any atom is -0.463 e. The molecule has 0 aliphatic carbocycles. The van der Waals surface area contributed by atoms with Crippen molar-refractivity contribution in [2.24, 2.45) is 0 Å². The maximum atomic E-state index is 11.2. The predicted molar refractivity (Wildman–Crippen MR) is 92.0 cm³/mol. The fourth-order valence-electron chi connectivity index (χ4n) is 2.52. The monoisotopic (exact) mass is 318 g/mol. The van der Waals surface area contributed by atoms with E-state index in [9.17, 15) is 4.79 Å². The van der Waals surface area contributed by atoms with Crippen molar-refractivity contribution in [2.75, 3.05) is 5.88 Å². The number of carbonyl (C=O) groups excluding carboxylic acids is 1. The summed E-state index contributed by atoms with van der Waals surface area (Å²) in [7, 11) is 0. The molecule has 0 fully saturated rings. The molecule has 126 valence electrons. The van der Waals surface area contributed by atoms with Crippen LogP contribution in [0.15, 0.2) is 0 Å². The van der Waals surface area contributed by atoms with Gasteiger partial charge in [0.25, 0.3) is 0 Å². The molecule has 0 amide bonds. The molecule has 0 aliphatic heterocycles. The van der Waals surface area contributed by atoms with E-state index in [0.29, 0.717) is 12.3 Å². The minimum absolute atomic E-state index is 0.0410. The van der Waals surface area contributed by atoms with E-state index in [1.807, 2.05) is 6.92 Å². The minimum atomic E-state index is -0.166. The predicted octanol–water partition coefficient (Wildman–Crippen LogP) is 6.25. The maximum Gasteiger partial charge on any atom is 0.307 e. The Morgan fingerprint density at radius 3 is 1.86 bits per heavy atom. The molecular formula is C18H35ClO2. The third kappa shape index (κ3) is 16.0. The number of esters is 1. The summed E-state index contributed by atoms with van der Waals surface area (Å²) in [5.41, 5.74) is 0. The summed E-state index contributed by atoms with van der Waals surface area (Å²) in [5, 5.41) is 0. The number of carbonyl (C=O) groups is 1. The lowest BCUT2D eigenvalue weighted by Gasteiger charge is -2.12. The van der Waals surface area contributed by atoms with Crippen molar-refractivity contribution in [3.63, 3.8) is 0 Å². The molecule has 0 bridgehead atoms. The van der Waals surface area contributed by atoms with Crippen LogP contribution in [0.3, 0.4) is 0 Å².